The molecular weight excluding hydrogens is 244 g/mol. The summed E-state index contributed by atoms with van der Waals surface area (Å²) in [6.07, 6.45) is 0. The van der Waals surface area contributed by atoms with Gasteiger partial charge in [0.25, 0.3) is 0 Å². The van der Waals surface area contributed by atoms with Crippen molar-refractivity contribution < 1.29 is 0 Å². The lowest BCUT2D eigenvalue weighted by Gasteiger charge is -2.41. The Morgan fingerprint density at radius 2 is 1.90 bits per heavy atom. The van der Waals surface area contributed by atoms with Crippen molar-refractivity contribution in [1.29, 1.82) is 0 Å². The smallest absolute Gasteiger partial charge is 0.0433 e. The van der Waals surface area contributed by atoms with Gasteiger partial charge in [-0.1, -0.05) is 32.0 Å². The van der Waals surface area contributed by atoms with E-state index in [1.54, 1.807) is 0 Å². The number of nitrogens with two attached hydrogens (primary N) is 1. The maximum atomic E-state index is 5.96. The van der Waals surface area contributed by atoms with Crippen LogP contribution in [0.5, 0.6) is 0 Å². The molecule has 2 N–H and O–H groups in total. The average molecular weight is 266 g/mol. The monoisotopic (exact) mass is 266 g/mol. The summed E-state index contributed by atoms with van der Waals surface area (Å²) < 4.78 is 0. The Hall–Kier alpha value is -1.96. The van der Waals surface area contributed by atoms with Crippen LogP contribution in [0.2, 0.25) is 0 Å². The summed E-state index contributed by atoms with van der Waals surface area (Å²) in [7, 11) is 0. The van der Waals surface area contributed by atoms with Gasteiger partial charge < -0.3 is 10.6 Å². The number of hydrogen-bond donors (Lipinski definition) is 1. The molecule has 104 valence electrons. The van der Waals surface area contributed by atoms with Gasteiger partial charge >= 0.3 is 0 Å². The van der Waals surface area contributed by atoms with Gasteiger partial charge in [-0.25, -0.2) is 0 Å². The van der Waals surface area contributed by atoms with Crippen LogP contribution in [-0.2, 0) is 12.0 Å². The molecule has 0 aliphatic carbocycles. The van der Waals surface area contributed by atoms with E-state index in [0.29, 0.717) is 0 Å². The first-order valence-corrected chi connectivity index (χ1v) is 7.16. The van der Waals surface area contributed by atoms with Crippen LogP contribution in [0.15, 0.2) is 42.5 Å². The standard InChI is InChI=1S/C18H22N2/c1-13-5-4-6-16(9-13)20-11-14-10-15(19)7-8-17(14)18(2,3)12-20/h4-10H,11-12,19H2,1-3H3. The van der Waals surface area contributed by atoms with Gasteiger partial charge in [0.05, 0.1) is 0 Å². The summed E-state index contributed by atoms with van der Waals surface area (Å²) in [5, 5.41) is 0. The number of hydrogen-bond acceptors (Lipinski definition) is 2. The van der Waals surface area contributed by atoms with Gasteiger partial charge in [-0.15, -0.1) is 0 Å². The first-order valence-electron chi connectivity index (χ1n) is 7.16. The quantitative estimate of drug-likeness (QED) is 0.794. The number of aryl methyl sites for hydroxylation is 1. The fourth-order valence-corrected chi connectivity index (χ4v) is 3.24. The third kappa shape index (κ3) is 2.26. The molecule has 0 unspecified atom stereocenters. The molecule has 1 heterocycles. The third-order valence-corrected chi connectivity index (χ3v) is 4.17. The second-order valence-corrected chi connectivity index (χ2v) is 6.50. The van der Waals surface area contributed by atoms with Crippen molar-refractivity contribution >= 4 is 11.4 Å². The highest BCUT2D eigenvalue weighted by atomic mass is 15.1. The minimum atomic E-state index is 0.144. The van der Waals surface area contributed by atoms with Crippen molar-refractivity contribution in [3.63, 3.8) is 0 Å². The molecule has 2 aromatic rings. The van der Waals surface area contributed by atoms with Gasteiger partial charge in [0, 0.05) is 29.9 Å². The molecule has 0 radical (unpaired) electrons. The van der Waals surface area contributed by atoms with Crippen LogP contribution < -0.4 is 10.6 Å². The van der Waals surface area contributed by atoms with E-state index in [9.17, 15) is 0 Å². The number of nitrogens with zero attached hydrogens (tertiary/aromatic N) is 1. The van der Waals surface area contributed by atoms with Gasteiger partial charge in [-0.3, -0.25) is 0 Å². The Kier molecular flexibility index (Phi) is 2.97. The second kappa shape index (κ2) is 4.55. The molecule has 0 fully saturated rings. The Balaban J connectivity index is 2.02. The van der Waals surface area contributed by atoms with Crippen LogP contribution in [-0.4, -0.2) is 6.54 Å². The van der Waals surface area contributed by atoms with E-state index in [2.05, 4.69) is 62.1 Å². The molecular formula is C18H22N2. The third-order valence-electron chi connectivity index (χ3n) is 4.17. The molecule has 0 amide bonds. The molecule has 2 nitrogen and oxygen atoms in total. The van der Waals surface area contributed by atoms with Crippen molar-refractivity contribution in [2.75, 3.05) is 17.2 Å². The number of fused-ring (bicyclic) bond motifs is 1. The molecule has 3 rings (SSSR count). The van der Waals surface area contributed by atoms with Crippen LogP contribution in [0.25, 0.3) is 0 Å². The average Bonchev–Trinajstić information content (AvgIpc) is 2.37. The van der Waals surface area contributed by atoms with E-state index in [4.69, 9.17) is 5.73 Å². The number of nitrogen functional groups attached to an aromatic ring is 1. The lowest BCUT2D eigenvalue weighted by molar-refractivity contribution is 0.477. The number of anilines is 2. The minimum absolute atomic E-state index is 0.144. The summed E-state index contributed by atoms with van der Waals surface area (Å²) in [4.78, 5) is 2.45. The number of benzene rings is 2. The lowest BCUT2D eigenvalue weighted by Crippen LogP contribution is -2.42. The molecule has 20 heavy (non-hydrogen) atoms. The number of rotatable bonds is 1. The summed E-state index contributed by atoms with van der Waals surface area (Å²) in [5.41, 5.74) is 12.3. The molecule has 0 bridgehead atoms. The van der Waals surface area contributed by atoms with Crippen LogP contribution >= 0.6 is 0 Å². The highest BCUT2D eigenvalue weighted by Gasteiger charge is 2.31. The highest BCUT2D eigenvalue weighted by Crippen LogP contribution is 2.36. The predicted octanol–water partition coefficient (Wildman–Crippen LogP) is 3.88. The molecule has 2 heteroatoms. The van der Waals surface area contributed by atoms with Crippen molar-refractivity contribution in [1.82, 2.24) is 0 Å². The zero-order chi connectivity index (χ0) is 14.3. The van der Waals surface area contributed by atoms with Crippen LogP contribution in [0, 0.1) is 6.92 Å². The van der Waals surface area contributed by atoms with Crippen LogP contribution in [0.1, 0.15) is 30.5 Å². The Morgan fingerprint density at radius 1 is 1.10 bits per heavy atom. The van der Waals surface area contributed by atoms with E-state index >= 15 is 0 Å². The molecule has 1 aliphatic heterocycles. The SMILES string of the molecule is Cc1cccc(N2Cc3cc(N)ccc3C(C)(C)C2)c1. The summed E-state index contributed by atoms with van der Waals surface area (Å²) >= 11 is 0. The molecule has 1 aliphatic rings. The summed E-state index contributed by atoms with van der Waals surface area (Å²) in [5.74, 6) is 0. The molecule has 0 spiro atoms. The van der Waals surface area contributed by atoms with Crippen LogP contribution in [0.3, 0.4) is 0 Å². The topological polar surface area (TPSA) is 29.3 Å². The Bertz CT molecular complexity index is 644. The van der Waals surface area contributed by atoms with Crippen molar-refractivity contribution in [2.45, 2.75) is 32.7 Å². The second-order valence-electron chi connectivity index (χ2n) is 6.50. The Labute approximate surface area is 121 Å². The molecule has 0 atom stereocenters. The molecule has 2 aromatic carbocycles. The van der Waals surface area contributed by atoms with Gasteiger partial charge in [-0.05, 0) is 47.9 Å². The fraction of sp³-hybridized carbons (Fsp3) is 0.333. The van der Waals surface area contributed by atoms with Crippen molar-refractivity contribution in [3.8, 4) is 0 Å². The minimum Gasteiger partial charge on any atom is -0.399 e. The summed E-state index contributed by atoms with van der Waals surface area (Å²) in [6, 6.07) is 15.1. The first kappa shape index (κ1) is 13.0. The maximum absolute atomic E-state index is 5.96. The molecule has 0 saturated heterocycles. The largest absolute Gasteiger partial charge is 0.399 e. The highest BCUT2D eigenvalue weighted by molar-refractivity contribution is 5.56. The van der Waals surface area contributed by atoms with E-state index in [0.717, 1.165) is 18.8 Å². The summed E-state index contributed by atoms with van der Waals surface area (Å²) in [6.45, 7) is 8.74. The molecule has 0 saturated carbocycles. The Morgan fingerprint density at radius 3 is 2.65 bits per heavy atom. The van der Waals surface area contributed by atoms with Gasteiger partial charge in [-0.2, -0.15) is 0 Å². The van der Waals surface area contributed by atoms with Gasteiger partial charge in [0.15, 0.2) is 0 Å². The maximum Gasteiger partial charge on any atom is 0.0433 e. The predicted molar refractivity (Wildman–Crippen MR) is 86.1 cm³/mol. The normalized spacial score (nSPS) is 16.9. The van der Waals surface area contributed by atoms with E-state index < -0.39 is 0 Å². The van der Waals surface area contributed by atoms with Gasteiger partial charge in [0.1, 0.15) is 0 Å². The first-order chi connectivity index (χ1) is 9.45. The van der Waals surface area contributed by atoms with Crippen LogP contribution in [0.4, 0.5) is 11.4 Å². The van der Waals surface area contributed by atoms with E-state index in [1.807, 2.05) is 6.07 Å². The molecule has 0 aromatic heterocycles. The fourth-order valence-electron chi connectivity index (χ4n) is 3.24. The van der Waals surface area contributed by atoms with Crippen molar-refractivity contribution in [2.24, 2.45) is 0 Å². The lowest BCUT2D eigenvalue weighted by atomic mass is 9.78. The van der Waals surface area contributed by atoms with E-state index in [1.165, 1.54) is 22.4 Å². The van der Waals surface area contributed by atoms with Crippen molar-refractivity contribution in [3.05, 3.63) is 59.2 Å². The van der Waals surface area contributed by atoms with E-state index in [-0.39, 0.29) is 5.41 Å². The van der Waals surface area contributed by atoms with Gasteiger partial charge in [0.2, 0.25) is 0 Å². The zero-order valence-corrected chi connectivity index (χ0v) is 12.5. The zero-order valence-electron chi connectivity index (χ0n) is 12.5.